The second kappa shape index (κ2) is 7.09. The summed E-state index contributed by atoms with van der Waals surface area (Å²) < 4.78 is 0. The van der Waals surface area contributed by atoms with Crippen LogP contribution in [0.1, 0.15) is 90.5 Å². The highest BCUT2D eigenvalue weighted by atomic mass is 14.4. The Kier molecular flexibility index (Phi) is 5.82. The summed E-state index contributed by atoms with van der Waals surface area (Å²) in [5.41, 5.74) is 6.78. The maximum absolute atomic E-state index is 2.51. The lowest BCUT2D eigenvalue weighted by atomic mass is 9.61. The van der Waals surface area contributed by atoms with E-state index in [1.165, 1.54) is 36.0 Å². The van der Waals surface area contributed by atoms with Crippen molar-refractivity contribution in [3.05, 3.63) is 34.4 Å². The van der Waals surface area contributed by atoms with Gasteiger partial charge in [-0.15, -0.1) is 0 Å². The second-order valence-corrected chi connectivity index (χ2v) is 11.2. The largest absolute Gasteiger partial charge is 0.0622 e. The van der Waals surface area contributed by atoms with Crippen LogP contribution in [0, 0.1) is 42.9 Å². The second-order valence-electron chi connectivity index (χ2n) is 11.2. The van der Waals surface area contributed by atoms with E-state index in [0.29, 0.717) is 5.41 Å². The quantitative estimate of drug-likeness (QED) is 0.522. The highest BCUT2D eigenvalue weighted by Gasteiger charge is 2.38. The predicted octanol–water partition coefficient (Wildman–Crippen LogP) is 7.49. The summed E-state index contributed by atoms with van der Waals surface area (Å²) in [6.07, 6.45) is 4.06. The van der Waals surface area contributed by atoms with Crippen LogP contribution in [0.15, 0.2) is 12.1 Å². The third-order valence-corrected chi connectivity index (χ3v) is 7.00. The molecule has 1 aromatic rings. The van der Waals surface area contributed by atoms with Crippen LogP contribution >= 0.6 is 0 Å². The lowest BCUT2D eigenvalue weighted by Gasteiger charge is -2.45. The molecule has 0 saturated heterocycles. The molecular weight excluding hydrogens is 300 g/mol. The molecular formula is C25H42. The maximum Gasteiger partial charge on any atom is -0.0132 e. The molecule has 2 atom stereocenters. The van der Waals surface area contributed by atoms with Crippen LogP contribution < -0.4 is 0 Å². The van der Waals surface area contributed by atoms with Crippen LogP contribution in [0.5, 0.6) is 0 Å². The Labute approximate surface area is 157 Å². The Bertz CT molecular complexity index is 558. The van der Waals surface area contributed by atoms with Crippen molar-refractivity contribution in [2.24, 2.45) is 29.1 Å². The van der Waals surface area contributed by atoms with E-state index < -0.39 is 0 Å². The molecule has 0 bridgehead atoms. The van der Waals surface area contributed by atoms with E-state index in [-0.39, 0.29) is 5.41 Å². The molecule has 142 valence electrons. The third-order valence-electron chi connectivity index (χ3n) is 7.00. The predicted molar refractivity (Wildman–Crippen MR) is 112 cm³/mol. The molecule has 25 heavy (non-hydrogen) atoms. The molecule has 0 heteroatoms. The molecule has 1 saturated carbocycles. The lowest BCUT2D eigenvalue weighted by molar-refractivity contribution is 0.0630. The van der Waals surface area contributed by atoms with Crippen molar-refractivity contribution in [1.82, 2.24) is 0 Å². The molecule has 0 heterocycles. The summed E-state index contributed by atoms with van der Waals surface area (Å²) >= 11 is 0. The van der Waals surface area contributed by atoms with Crippen LogP contribution in [0.4, 0.5) is 0 Å². The zero-order chi connectivity index (χ0) is 19.2. The standard InChI is InChI=1S/C25H42/c1-16-11-20(24(5,6)7)12-17(2)22(16)15-23-18(3)13-21(14-19(23)4)25(8,9)10/h11-12,18-19,21,23H,13-15H2,1-10H3. The Balaban J connectivity index is 2.23. The van der Waals surface area contributed by atoms with Gasteiger partial charge in [-0.2, -0.15) is 0 Å². The van der Waals surface area contributed by atoms with E-state index >= 15 is 0 Å². The Morgan fingerprint density at radius 1 is 0.840 bits per heavy atom. The molecule has 0 aromatic heterocycles. The number of rotatable bonds is 2. The van der Waals surface area contributed by atoms with Gasteiger partial charge < -0.3 is 0 Å². The van der Waals surface area contributed by atoms with Gasteiger partial charge in [0.25, 0.3) is 0 Å². The van der Waals surface area contributed by atoms with Gasteiger partial charge in [-0.3, -0.25) is 0 Å². The van der Waals surface area contributed by atoms with Crippen LogP contribution in [-0.2, 0) is 11.8 Å². The molecule has 2 rings (SSSR count). The summed E-state index contributed by atoms with van der Waals surface area (Å²) in [5.74, 6) is 3.36. The third kappa shape index (κ3) is 4.69. The van der Waals surface area contributed by atoms with Gasteiger partial charge in [0.2, 0.25) is 0 Å². The van der Waals surface area contributed by atoms with Crippen LogP contribution in [0.25, 0.3) is 0 Å². The van der Waals surface area contributed by atoms with Crippen LogP contribution in [0.2, 0.25) is 0 Å². The number of aryl methyl sites for hydroxylation is 2. The van der Waals surface area contributed by atoms with Crippen molar-refractivity contribution in [2.45, 2.75) is 93.9 Å². The normalized spacial score (nSPS) is 28.2. The van der Waals surface area contributed by atoms with Crippen molar-refractivity contribution in [3.8, 4) is 0 Å². The van der Waals surface area contributed by atoms with Gasteiger partial charge in [0, 0.05) is 0 Å². The minimum Gasteiger partial charge on any atom is -0.0622 e. The molecule has 0 spiro atoms. The highest BCUT2D eigenvalue weighted by molar-refractivity contribution is 5.40. The molecule has 2 unspecified atom stereocenters. The molecule has 1 aliphatic rings. The molecule has 0 nitrogen and oxygen atoms in total. The summed E-state index contributed by atoms with van der Waals surface area (Å²) in [5, 5.41) is 0. The summed E-state index contributed by atoms with van der Waals surface area (Å²) in [7, 11) is 0. The SMILES string of the molecule is Cc1cc(C(C)(C)C)cc(C)c1CC1C(C)CC(C(C)(C)C)CC1C. The molecule has 0 radical (unpaired) electrons. The van der Waals surface area contributed by atoms with Gasteiger partial charge in [-0.1, -0.05) is 67.5 Å². The first-order valence-electron chi connectivity index (χ1n) is 10.4. The zero-order valence-corrected chi connectivity index (χ0v) is 18.6. The first kappa shape index (κ1) is 20.5. The van der Waals surface area contributed by atoms with E-state index in [1.54, 1.807) is 5.56 Å². The molecule has 0 aliphatic heterocycles. The minimum atomic E-state index is 0.236. The minimum absolute atomic E-state index is 0.236. The maximum atomic E-state index is 2.51. The van der Waals surface area contributed by atoms with E-state index in [4.69, 9.17) is 0 Å². The van der Waals surface area contributed by atoms with Gasteiger partial charge in [-0.05, 0) is 89.9 Å². The molecule has 1 aliphatic carbocycles. The Hall–Kier alpha value is -0.780. The first-order valence-corrected chi connectivity index (χ1v) is 10.4. The van der Waals surface area contributed by atoms with Crippen LogP contribution in [-0.4, -0.2) is 0 Å². The van der Waals surface area contributed by atoms with Crippen molar-refractivity contribution in [2.75, 3.05) is 0 Å². The molecule has 1 aromatic carbocycles. The van der Waals surface area contributed by atoms with Gasteiger partial charge in [0.1, 0.15) is 0 Å². The Morgan fingerprint density at radius 3 is 1.64 bits per heavy atom. The zero-order valence-electron chi connectivity index (χ0n) is 18.6. The van der Waals surface area contributed by atoms with Crippen LogP contribution in [0.3, 0.4) is 0 Å². The first-order chi connectivity index (χ1) is 11.3. The fraction of sp³-hybridized carbons (Fsp3) is 0.760. The number of hydrogen-bond donors (Lipinski definition) is 0. The van der Waals surface area contributed by atoms with Gasteiger partial charge in [0.05, 0.1) is 0 Å². The van der Waals surface area contributed by atoms with Gasteiger partial charge >= 0.3 is 0 Å². The monoisotopic (exact) mass is 342 g/mol. The van der Waals surface area contributed by atoms with Gasteiger partial charge in [-0.25, -0.2) is 0 Å². The molecule has 1 fully saturated rings. The Morgan fingerprint density at radius 2 is 1.28 bits per heavy atom. The van der Waals surface area contributed by atoms with E-state index in [2.05, 4.69) is 81.4 Å². The number of benzene rings is 1. The fourth-order valence-corrected chi connectivity index (χ4v) is 5.00. The molecule has 0 N–H and O–H groups in total. The van der Waals surface area contributed by atoms with Crippen molar-refractivity contribution >= 4 is 0 Å². The summed E-state index contributed by atoms with van der Waals surface area (Å²) in [4.78, 5) is 0. The van der Waals surface area contributed by atoms with Crippen molar-refractivity contribution < 1.29 is 0 Å². The van der Waals surface area contributed by atoms with Crippen molar-refractivity contribution in [3.63, 3.8) is 0 Å². The average Bonchev–Trinajstić information content (AvgIpc) is 2.42. The van der Waals surface area contributed by atoms with Crippen molar-refractivity contribution in [1.29, 1.82) is 0 Å². The average molecular weight is 343 g/mol. The fourth-order valence-electron chi connectivity index (χ4n) is 5.00. The van der Waals surface area contributed by atoms with E-state index in [0.717, 1.165) is 23.7 Å². The lowest BCUT2D eigenvalue weighted by Crippen LogP contribution is -2.36. The summed E-state index contributed by atoms with van der Waals surface area (Å²) in [6, 6.07) is 4.89. The highest BCUT2D eigenvalue weighted by Crippen LogP contribution is 2.46. The molecule has 0 amide bonds. The van der Waals surface area contributed by atoms with E-state index in [9.17, 15) is 0 Å². The topological polar surface area (TPSA) is 0 Å². The van der Waals surface area contributed by atoms with Gasteiger partial charge in [0.15, 0.2) is 0 Å². The summed E-state index contributed by atoms with van der Waals surface area (Å²) in [6.45, 7) is 23.9. The smallest absolute Gasteiger partial charge is 0.0132 e. The van der Waals surface area contributed by atoms with E-state index in [1.807, 2.05) is 0 Å². The number of hydrogen-bond acceptors (Lipinski definition) is 0.